The van der Waals surface area contributed by atoms with Gasteiger partial charge in [0.05, 0.1) is 5.41 Å². The highest BCUT2D eigenvalue weighted by molar-refractivity contribution is 5.96. The van der Waals surface area contributed by atoms with Gasteiger partial charge in [0, 0.05) is 11.8 Å². The van der Waals surface area contributed by atoms with Crippen LogP contribution < -0.4 is 0 Å². The van der Waals surface area contributed by atoms with Crippen LogP contribution >= 0.6 is 0 Å². The van der Waals surface area contributed by atoms with Gasteiger partial charge < -0.3 is 5.11 Å². The van der Waals surface area contributed by atoms with E-state index in [4.69, 9.17) is 0 Å². The molecule has 0 aromatic rings. The summed E-state index contributed by atoms with van der Waals surface area (Å²) in [5, 5.41) is 10.5. The minimum absolute atomic E-state index is 0.0219. The number of allylic oxidation sites excluding steroid dienone is 2. The second kappa shape index (κ2) is 7.79. The van der Waals surface area contributed by atoms with Gasteiger partial charge in [-0.15, -0.1) is 0 Å². The molecule has 4 saturated carbocycles. The summed E-state index contributed by atoms with van der Waals surface area (Å²) in [6.45, 7) is 17.7. The lowest BCUT2D eigenvalue weighted by molar-refractivity contribution is -0.206. The summed E-state index contributed by atoms with van der Waals surface area (Å²) < 4.78 is 0. The standard InChI is InChI=1S/C32H48O4/c1-18-9-12-28(4)15-16-30(6)22(25(28)19(18)2)17-23(34)26-29(5)13-10-21(20(3)33)32(8,27(35)36)24(29)11-14-31(26,30)7/h17-19,21,24-26H,9-16H2,1-8H3,(H,35,36). The number of carbonyl (C=O) groups excluding carboxylic acids is 2. The fourth-order valence-corrected chi connectivity index (χ4v) is 11.3. The molecule has 0 radical (unpaired) electrons. The zero-order valence-electron chi connectivity index (χ0n) is 23.9. The van der Waals surface area contributed by atoms with Crippen molar-refractivity contribution in [1.82, 2.24) is 0 Å². The molecule has 4 fully saturated rings. The van der Waals surface area contributed by atoms with Crippen molar-refractivity contribution in [3.63, 3.8) is 0 Å². The monoisotopic (exact) mass is 496 g/mol. The lowest BCUT2D eigenvalue weighted by atomic mass is 9.32. The third-order valence-corrected chi connectivity index (χ3v) is 13.8. The number of aliphatic carboxylic acids is 1. The molecule has 0 heterocycles. The first-order valence-electron chi connectivity index (χ1n) is 14.6. The number of Topliss-reactive ketones (excluding diaryl/α,β-unsaturated/α-hetero) is 1. The zero-order valence-corrected chi connectivity index (χ0v) is 23.9. The van der Waals surface area contributed by atoms with Crippen LogP contribution in [0.2, 0.25) is 0 Å². The molecule has 0 spiro atoms. The van der Waals surface area contributed by atoms with Crippen LogP contribution in [0.1, 0.15) is 107 Å². The third kappa shape index (κ3) is 2.96. The average molecular weight is 497 g/mol. The Morgan fingerprint density at radius 3 is 2.19 bits per heavy atom. The smallest absolute Gasteiger partial charge is 0.310 e. The van der Waals surface area contributed by atoms with Crippen LogP contribution in [-0.4, -0.2) is 22.6 Å². The first kappa shape index (κ1) is 26.2. The van der Waals surface area contributed by atoms with Crippen molar-refractivity contribution in [2.75, 3.05) is 0 Å². The zero-order chi connectivity index (χ0) is 26.6. The first-order valence-corrected chi connectivity index (χ1v) is 14.6. The van der Waals surface area contributed by atoms with E-state index in [2.05, 4.69) is 47.6 Å². The highest BCUT2D eigenvalue weighted by Crippen LogP contribution is 2.75. The Balaban J connectivity index is 1.65. The molecule has 1 N–H and O–H groups in total. The van der Waals surface area contributed by atoms with E-state index in [1.54, 1.807) is 13.8 Å². The van der Waals surface area contributed by atoms with Crippen molar-refractivity contribution in [2.45, 2.75) is 107 Å². The van der Waals surface area contributed by atoms with Gasteiger partial charge in [0.1, 0.15) is 5.78 Å². The fourth-order valence-electron chi connectivity index (χ4n) is 11.3. The van der Waals surface area contributed by atoms with Crippen molar-refractivity contribution in [3.8, 4) is 0 Å². The number of carboxylic acids is 1. The third-order valence-electron chi connectivity index (χ3n) is 13.8. The maximum Gasteiger partial charge on any atom is 0.310 e. The molecule has 200 valence electrons. The number of hydrogen-bond donors (Lipinski definition) is 1. The molecule has 4 nitrogen and oxygen atoms in total. The number of hydrogen-bond acceptors (Lipinski definition) is 3. The van der Waals surface area contributed by atoms with Gasteiger partial charge in [-0.1, -0.05) is 47.1 Å². The maximum atomic E-state index is 14.4. The average Bonchev–Trinajstić information content (AvgIpc) is 2.77. The summed E-state index contributed by atoms with van der Waals surface area (Å²) in [4.78, 5) is 39.8. The van der Waals surface area contributed by atoms with Crippen LogP contribution in [0.5, 0.6) is 0 Å². The number of carboxylic acid groups (broad SMARTS) is 1. The summed E-state index contributed by atoms with van der Waals surface area (Å²) in [7, 11) is 0. The van der Waals surface area contributed by atoms with Gasteiger partial charge >= 0.3 is 5.97 Å². The van der Waals surface area contributed by atoms with Crippen molar-refractivity contribution >= 4 is 17.5 Å². The maximum absolute atomic E-state index is 14.4. The topological polar surface area (TPSA) is 71.4 Å². The second-order valence-corrected chi connectivity index (χ2v) is 15.1. The summed E-state index contributed by atoms with van der Waals surface area (Å²) in [5.41, 5.74) is -0.0945. The van der Waals surface area contributed by atoms with Crippen molar-refractivity contribution in [1.29, 1.82) is 0 Å². The van der Waals surface area contributed by atoms with E-state index < -0.39 is 22.7 Å². The normalized spacial score (nSPS) is 54.3. The van der Waals surface area contributed by atoms with Gasteiger partial charge in [-0.05, 0) is 117 Å². The quantitative estimate of drug-likeness (QED) is 0.442. The molecular weight excluding hydrogens is 448 g/mol. The van der Waals surface area contributed by atoms with Crippen LogP contribution in [0, 0.1) is 62.6 Å². The first-order chi connectivity index (χ1) is 16.6. The van der Waals surface area contributed by atoms with E-state index in [9.17, 15) is 19.5 Å². The van der Waals surface area contributed by atoms with Gasteiger partial charge in [-0.3, -0.25) is 14.4 Å². The van der Waals surface area contributed by atoms with Crippen molar-refractivity contribution < 1.29 is 19.5 Å². The molecule has 0 aliphatic heterocycles. The SMILES string of the molecule is CC(=O)C1CCC2(C)C(CCC3(C)C2C(=O)C=C2C4C(C)C(C)CCC4(C)CCC23C)C1(C)C(=O)O. The van der Waals surface area contributed by atoms with E-state index in [1.165, 1.54) is 24.8 Å². The Morgan fingerprint density at radius 2 is 1.58 bits per heavy atom. The van der Waals surface area contributed by atoms with E-state index in [-0.39, 0.29) is 39.6 Å². The Bertz CT molecular complexity index is 1040. The molecule has 5 aliphatic rings. The predicted octanol–water partition coefficient (Wildman–Crippen LogP) is 7.11. The van der Waals surface area contributed by atoms with Crippen LogP contribution in [0.15, 0.2) is 11.6 Å². The largest absolute Gasteiger partial charge is 0.481 e. The Kier molecular flexibility index (Phi) is 5.66. The molecule has 0 aromatic carbocycles. The van der Waals surface area contributed by atoms with Gasteiger partial charge in [0.15, 0.2) is 5.78 Å². The van der Waals surface area contributed by atoms with E-state index in [1.807, 2.05) is 0 Å². The van der Waals surface area contributed by atoms with Gasteiger partial charge in [-0.2, -0.15) is 0 Å². The van der Waals surface area contributed by atoms with Crippen LogP contribution in [0.3, 0.4) is 0 Å². The molecule has 5 aliphatic carbocycles. The van der Waals surface area contributed by atoms with E-state index >= 15 is 0 Å². The molecule has 4 heteroatoms. The number of ketones is 2. The Morgan fingerprint density at radius 1 is 0.917 bits per heavy atom. The van der Waals surface area contributed by atoms with E-state index in [0.29, 0.717) is 24.2 Å². The summed E-state index contributed by atoms with van der Waals surface area (Å²) in [5.74, 6) is 0.188. The number of rotatable bonds is 2. The minimum atomic E-state index is -1.12. The molecule has 11 unspecified atom stereocenters. The molecular formula is C32H48O4. The Labute approximate surface area is 218 Å². The van der Waals surface area contributed by atoms with Gasteiger partial charge in [0.2, 0.25) is 0 Å². The highest BCUT2D eigenvalue weighted by Gasteiger charge is 2.72. The lowest BCUT2D eigenvalue weighted by Gasteiger charge is -2.70. The predicted molar refractivity (Wildman–Crippen MR) is 141 cm³/mol. The summed E-state index contributed by atoms with van der Waals surface area (Å²) in [6.07, 6.45) is 9.87. The van der Waals surface area contributed by atoms with E-state index in [0.717, 1.165) is 25.7 Å². The molecule has 0 bridgehead atoms. The molecule has 0 saturated heterocycles. The molecule has 5 rings (SSSR count). The number of carbonyl (C=O) groups is 3. The molecule has 0 amide bonds. The molecule has 11 atom stereocenters. The lowest BCUT2D eigenvalue weighted by Crippen LogP contribution is -2.67. The second-order valence-electron chi connectivity index (χ2n) is 15.1. The highest BCUT2D eigenvalue weighted by atomic mass is 16.4. The summed E-state index contributed by atoms with van der Waals surface area (Å²) >= 11 is 0. The summed E-state index contributed by atoms with van der Waals surface area (Å²) in [6, 6.07) is 0. The van der Waals surface area contributed by atoms with Crippen LogP contribution in [-0.2, 0) is 14.4 Å². The van der Waals surface area contributed by atoms with Gasteiger partial charge in [0.25, 0.3) is 0 Å². The van der Waals surface area contributed by atoms with Crippen LogP contribution in [0.25, 0.3) is 0 Å². The van der Waals surface area contributed by atoms with Crippen LogP contribution in [0.4, 0.5) is 0 Å². The molecule has 36 heavy (non-hydrogen) atoms. The Hall–Kier alpha value is -1.45. The number of fused-ring (bicyclic) bond motifs is 7. The van der Waals surface area contributed by atoms with Crippen molar-refractivity contribution in [3.05, 3.63) is 11.6 Å². The fraction of sp³-hybridized carbons (Fsp3) is 0.844. The van der Waals surface area contributed by atoms with Gasteiger partial charge in [-0.25, -0.2) is 0 Å². The molecule has 0 aromatic heterocycles. The van der Waals surface area contributed by atoms with Crippen molar-refractivity contribution in [2.24, 2.45) is 62.6 Å². The minimum Gasteiger partial charge on any atom is -0.481 e.